The number of nitrogens with zero attached hydrogens (tertiary/aromatic N) is 3. The van der Waals surface area contributed by atoms with Gasteiger partial charge in [0, 0.05) is 54.0 Å². The Bertz CT molecular complexity index is 607. The lowest BCUT2D eigenvalue weighted by molar-refractivity contribution is 0.120. The van der Waals surface area contributed by atoms with Gasteiger partial charge in [0.2, 0.25) is 5.95 Å². The Morgan fingerprint density at radius 3 is 2.78 bits per heavy atom. The summed E-state index contributed by atoms with van der Waals surface area (Å²) in [6.45, 7) is 5.62. The molecule has 1 fully saturated rings. The van der Waals surface area contributed by atoms with Crippen molar-refractivity contribution in [2.75, 3.05) is 25.5 Å². The molecule has 0 aliphatic carbocycles. The van der Waals surface area contributed by atoms with E-state index in [1.807, 2.05) is 23.7 Å². The fourth-order valence-electron chi connectivity index (χ4n) is 2.74. The first-order valence-corrected chi connectivity index (χ1v) is 8.91. The molecule has 1 N–H and O–H groups in total. The summed E-state index contributed by atoms with van der Waals surface area (Å²) in [6.07, 6.45) is 6.39. The Balaban J connectivity index is 1.46. The van der Waals surface area contributed by atoms with E-state index in [0.29, 0.717) is 12.1 Å². The summed E-state index contributed by atoms with van der Waals surface area (Å²) in [5.74, 6) is 0.681. The molecular formula is C17H24N4OS. The number of hydrogen-bond donors (Lipinski definition) is 1. The van der Waals surface area contributed by atoms with Gasteiger partial charge < -0.3 is 10.1 Å². The molecule has 0 amide bonds. The summed E-state index contributed by atoms with van der Waals surface area (Å²) in [5.41, 5.74) is 1.13. The minimum atomic E-state index is 0.304. The summed E-state index contributed by atoms with van der Waals surface area (Å²) < 4.78 is 5.59. The monoisotopic (exact) mass is 332 g/mol. The van der Waals surface area contributed by atoms with Crippen molar-refractivity contribution >= 4 is 17.3 Å². The summed E-state index contributed by atoms with van der Waals surface area (Å²) >= 11 is 1.85. The number of rotatable bonds is 7. The van der Waals surface area contributed by atoms with Gasteiger partial charge in [0.1, 0.15) is 0 Å². The molecule has 0 saturated carbocycles. The highest BCUT2D eigenvalue weighted by Crippen LogP contribution is 2.17. The molecule has 1 atom stereocenters. The van der Waals surface area contributed by atoms with Crippen LogP contribution in [-0.4, -0.2) is 41.2 Å². The molecule has 124 valence electrons. The summed E-state index contributed by atoms with van der Waals surface area (Å²) in [6, 6.07) is 4.37. The second-order valence-electron chi connectivity index (χ2n) is 6.12. The highest BCUT2D eigenvalue weighted by Gasteiger charge is 2.15. The van der Waals surface area contributed by atoms with E-state index in [1.54, 1.807) is 0 Å². The van der Waals surface area contributed by atoms with Gasteiger partial charge in [-0.1, -0.05) is 0 Å². The molecule has 3 rings (SSSR count). The van der Waals surface area contributed by atoms with Crippen LogP contribution in [0.3, 0.4) is 0 Å². The van der Waals surface area contributed by atoms with E-state index in [2.05, 4.69) is 46.3 Å². The smallest absolute Gasteiger partial charge is 0.222 e. The van der Waals surface area contributed by atoms with Gasteiger partial charge in [-0.3, -0.25) is 4.90 Å². The second kappa shape index (κ2) is 7.86. The molecule has 5 nitrogen and oxygen atoms in total. The fourth-order valence-corrected chi connectivity index (χ4v) is 3.71. The van der Waals surface area contributed by atoms with Gasteiger partial charge in [0.05, 0.1) is 6.10 Å². The van der Waals surface area contributed by atoms with Crippen LogP contribution in [0.1, 0.15) is 28.2 Å². The minimum absolute atomic E-state index is 0.304. The molecule has 23 heavy (non-hydrogen) atoms. The lowest BCUT2D eigenvalue weighted by Crippen LogP contribution is -2.20. The maximum atomic E-state index is 5.59. The third-order valence-electron chi connectivity index (χ3n) is 3.89. The zero-order chi connectivity index (χ0) is 16.1. The highest BCUT2D eigenvalue weighted by atomic mass is 32.1. The van der Waals surface area contributed by atoms with E-state index < -0.39 is 0 Å². The molecule has 1 aliphatic rings. The Morgan fingerprint density at radius 2 is 2.13 bits per heavy atom. The van der Waals surface area contributed by atoms with Crippen LogP contribution in [0.15, 0.2) is 24.5 Å². The highest BCUT2D eigenvalue weighted by molar-refractivity contribution is 7.11. The average Bonchev–Trinajstić information content (AvgIpc) is 3.18. The first-order chi connectivity index (χ1) is 11.2. The van der Waals surface area contributed by atoms with Gasteiger partial charge >= 0.3 is 0 Å². The molecule has 1 aliphatic heterocycles. The van der Waals surface area contributed by atoms with Crippen molar-refractivity contribution in [1.82, 2.24) is 14.9 Å². The van der Waals surface area contributed by atoms with Crippen molar-refractivity contribution in [3.63, 3.8) is 0 Å². The lowest BCUT2D eigenvalue weighted by Gasteiger charge is -2.15. The Kier molecular flexibility index (Phi) is 5.59. The standard InChI is InChI=1S/C17H24N4OS/c1-13-5-6-16(23-13)12-21(2)11-14-8-18-17(19-9-14)20-10-15-4-3-7-22-15/h5-6,8-9,15H,3-4,7,10-12H2,1-2H3,(H,18,19,20)/t15-/m0/s1. The molecule has 3 heterocycles. The maximum Gasteiger partial charge on any atom is 0.222 e. The molecular weight excluding hydrogens is 308 g/mol. The van der Waals surface area contributed by atoms with Crippen molar-refractivity contribution in [3.05, 3.63) is 39.8 Å². The first-order valence-electron chi connectivity index (χ1n) is 8.09. The molecule has 0 unspecified atom stereocenters. The topological polar surface area (TPSA) is 50.3 Å². The van der Waals surface area contributed by atoms with E-state index in [0.717, 1.165) is 44.6 Å². The maximum absolute atomic E-state index is 5.59. The molecule has 1 saturated heterocycles. The Labute approximate surface area is 141 Å². The normalized spacial score (nSPS) is 17.8. The van der Waals surface area contributed by atoms with Crippen molar-refractivity contribution in [2.45, 2.75) is 39.0 Å². The number of aromatic nitrogens is 2. The van der Waals surface area contributed by atoms with Crippen molar-refractivity contribution in [3.8, 4) is 0 Å². The van der Waals surface area contributed by atoms with Gasteiger partial charge in [-0.05, 0) is 38.9 Å². The second-order valence-corrected chi connectivity index (χ2v) is 7.49. The van der Waals surface area contributed by atoms with Crippen LogP contribution in [0.5, 0.6) is 0 Å². The van der Waals surface area contributed by atoms with Crippen LogP contribution in [0, 0.1) is 6.92 Å². The predicted molar refractivity (Wildman–Crippen MR) is 93.7 cm³/mol. The lowest BCUT2D eigenvalue weighted by atomic mass is 10.2. The SMILES string of the molecule is Cc1ccc(CN(C)Cc2cnc(NC[C@@H]3CCCO3)nc2)s1. The number of anilines is 1. The summed E-state index contributed by atoms with van der Waals surface area (Å²) in [7, 11) is 2.12. The number of thiophene rings is 1. The number of aryl methyl sites for hydroxylation is 1. The average molecular weight is 332 g/mol. The van der Waals surface area contributed by atoms with E-state index in [9.17, 15) is 0 Å². The van der Waals surface area contributed by atoms with Crippen molar-refractivity contribution in [2.24, 2.45) is 0 Å². The zero-order valence-electron chi connectivity index (χ0n) is 13.8. The van der Waals surface area contributed by atoms with Crippen LogP contribution in [0.4, 0.5) is 5.95 Å². The van der Waals surface area contributed by atoms with Gasteiger partial charge in [-0.15, -0.1) is 11.3 Å². The van der Waals surface area contributed by atoms with Crippen molar-refractivity contribution in [1.29, 1.82) is 0 Å². The van der Waals surface area contributed by atoms with E-state index >= 15 is 0 Å². The van der Waals surface area contributed by atoms with Gasteiger partial charge in [-0.2, -0.15) is 0 Å². The third-order valence-corrected chi connectivity index (χ3v) is 4.88. The van der Waals surface area contributed by atoms with Gasteiger partial charge in [-0.25, -0.2) is 9.97 Å². The van der Waals surface area contributed by atoms with Gasteiger partial charge in [0.25, 0.3) is 0 Å². The van der Waals surface area contributed by atoms with E-state index in [1.165, 1.54) is 9.75 Å². The molecule has 2 aromatic heterocycles. The quantitative estimate of drug-likeness (QED) is 0.844. The molecule has 0 bridgehead atoms. The molecule has 0 radical (unpaired) electrons. The van der Waals surface area contributed by atoms with E-state index in [-0.39, 0.29) is 0 Å². The van der Waals surface area contributed by atoms with Crippen LogP contribution >= 0.6 is 11.3 Å². The molecule has 0 spiro atoms. The molecule has 6 heteroatoms. The fraction of sp³-hybridized carbons (Fsp3) is 0.529. The van der Waals surface area contributed by atoms with Crippen LogP contribution in [-0.2, 0) is 17.8 Å². The van der Waals surface area contributed by atoms with E-state index in [4.69, 9.17) is 4.74 Å². The first kappa shape index (κ1) is 16.4. The number of nitrogens with one attached hydrogen (secondary N) is 1. The van der Waals surface area contributed by atoms with Crippen molar-refractivity contribution < 1.29 is 4.74 Å². The summed E-state index contributed by atoms with van der Waals surface area (Å²) in [5, 5.41) is 3.25. The third kappa shape index (κ3) is 4.99. The Hall–Kier alpha value is -1.50. The Morgan fingerprint density at radius 1 is 1.30 bits per heavy atom. The van der Waals surface area contributed by atoms with Crippen LogP contribution in [0.2, 0.25) is 0 Å². The van der Waals surface area contributed by atoms with Crippen LogP contribution < -0.4 is 5.32 Å². The summed E-state index contributed by atoms with van der Waals surface area (Å²) in [4.78, 5) is 13.8. The predicted octanol–water partition coefficient (Wildman–Crippen LogP) is 3.07. The molecule has 0 aromatic carbocycles. The largest absolute Gasteiger partial charge is 0.376 e. The number of hydrogen-bond acceptors (Lipinski definition) is 6. The zero-order valence-corrected chi connectivity index (χ0v) is 14.6. The molecule has 2 aromatic rings. The van der Waals surface area contributed by atoms with Crippen LogP contribution in [0.25, 0.3) is 0 Å². The minimum Gasteiger partial charge on any atom is -0.376 e. The van der Waals surface area contributed by atoms with Gasteiger partial charge in [0.15, 0.2) is 0 Å². The number of ether oxygens (including phenoxy) is 1.